The molecule has 2 aromatic carbocycles. The molecule has 0 aliphatic heterocycles. The SMILES string of the molecule is COc1cc(SC)ccc1C(=O)OCC(=O)Nc1cc(Cl)ccc1F. The molecule has 5 nitrogen and oxygen atoms in total. The van der Waals surface area contributed by atoms with Crippen LogP contribution in [0.4, 0.5) is 10.1 Å². The van der Waals surface area contributed by atoms with Crippen LogP contribution in [0.5, 0.6) is 5.75 Å². The molecule has 0 bridgehead atoms. The molecular formula is C17H15ClFNO4S. The summed E-state index contributed by atoms with van der Waals surface area (Å²) < 4.78 is 23.7. The summed E-state index contributed by atoms with van der Waals surface area (Å²) in [5, 5.41) is 2.57. The van der Waals surface area contributed by atoms with Crippen LogP contribution in [0.1, 0.15) is 10.4 Å². The van der Waals surface area contributed by atoms with Crippen LogP contribution in [0.3, 0.4) is 0 Å². The van der Waals surface area contributed by atoms with Crippen molar-refractivity contribution in [1.82, 2.24) is 0 Å². The zero-order valence-electron chi connectivity index (χ0n) is 13.5. The van der Waals surface area contributed by atoms with E-state index < -0.39 is 24.3 Å². The molecular weight excluding hydrogens is 369 g/mol. The predicted molar refractivity (Wildman–Crippen MR) is 95.1 cm³/mol. The fourth-order valence-electron chi connectivity index (χ4n) is 1.96. The first-order valence-corrected chi connectivity index (χ1v) is 8.69. The van der Waals surface area contributed by atoms with Crippen LogP contribution in [0, 0.1) is 5.82 Å². The molecule has 0 aliphatic rings. The molecule has 0 spiro atoms. The second-order valence-electron chi connectivity index (χ2n) is 4.81. The second-order valence-corrected chi connectivity index (χ2v) is 6.13. The van der Waals surface area contributed by atoms with Crippen LogP contribution < -0.4 is 10.1 Å². The number of ether oxygens (including phenoxy) is 2. The van der Waals surface area contributed by atoms with E-state index in [9.17, 15) is 14.0 Å². The van der Waals surface area contributed by atoms with Gasteiger partial charge in [-0.05, 0) is 42.7 Å². The number of hydrogen-bond donors (Lipinski definition) is 1. The van der Waals surface area contributed by atoms with Crippen LogP contribution in [0.15, 0.2) is 41.3 Å². The summed E-state index contributed by atoms with van der Waals surface area (Å²) in [6.07, 6.45) is 1.89. The Kier molecular flexibility index (Phi) is 6.66. The lowest BCUT2D eigenvalue weighted by Gasteiger charge is -2.10. The van der Waals surface area contributed by atoms with Crippen LogP contribution in [-0.4, -0.2) is 31.8 Å². The van der Waals surface area contributed by atoms with E-state index in [0.29, 0.717) is 5.75 Å². The predicted octanol–water partition coefficient (Wildman–Crippen LogP) is 4.01. The number of halogens is 2. The third kappa shape index (κ3) is 5.11. The van der Waals surface area contributed by atoms with E-state index in [1.54, 1.807) is 18.2 Å². The number of nitrogens with one attached hydrogen (secondary N) is 1. The molecule has 8 heteroatoms. The second kappa shape index (κ2) is 8.73. The summed E-state index contributed by atoms with van der Waals surface area (Å²) >= 11 is 7.25. The van der Waals surface area contributed by atoms with Crippen LogP contribution in [0.25, 0.3) is 0 Å². The Morgan fingerprint density at radius 2 is 2.00 bits per heavy atom. The van der Waals surface area contributed by atoms with Gasteiger partial charge in [-0.1, -0.05) is 11.6 Å². The van der Waals surface area contributed by atoms with Gasteiger partial charge in [0, 0.05) is 9.92 Å². The molecule has 0 unspecified atom stereocenters. The molecule has 25 heavy (non-hydrogen) atoms. The Balaban J connectivity index is 2.00. The van der Waals surface area contributed by atoms with Gasteiger partial charge in [0.25, 0.3) is 5.91 Å². The fraction of sp³-hybridized carbons (Fsp3) is 0.176. The topological polar surface area (TPSA) is 64.6 Å². The van der Waals surface area contributed by atoms with Crippen LogP contribution >= 0.6 is 23.4 Å². The van der Waals surface area contributed by atoms with Gasteiger partial charge >= 0.3 is 5.97 Å². The Bertz CT molecular complexity index is 800. The van der Waals surface area contributed by atoms with Crippen molar-refractivity contribution in [3.05, 3.63) is 52.8 Å². The molecule has 0 radical (unpaired) electrons. The molecule has 0 heterocycles. The number of rotatable bonds is 6. The maximum atomic E-state index is 13.6. The van der Waals surface area contributed by atoms with E-state index in [2.05, 4.69) is 5.32 Å². The van der Waals surface area contributed by atoms with Gasteiger partial charge in [0.15, 0.2) is 6.61 Å². The Hall–Kier alpha value is -2.25. The van der Waals surface area contributed by atoms with Crippen LogP contribution in [0.2, 0.25) is 5.02 Å². The Morgan fingerprint density at radius 1 is 1.24 bits per heavy atom. The van der Waals surface area contributed by atoms with Gasteiger partial charge in [-0.25, -0.2) is 9.18 Å². The maximum absolute atomic E-state index is 13.6. The lowest BCUT2D eigenvalue weighted by Crippen LogP contribution is -2.21. The van der Waals surface area contributed by atoms with E-state index >= 15 is 0 Å². The Morgan fingerprint density at radius 3 is 2.68 bits per heavy atom. The van der Waals surface area contributed by atoms with Crippen molar-refractivity contribution in [3.8, 4) is 5.75 Å². The fourth-order valence-corrected chi connectivity index (χ4v) is 2.56. The largest absolute Gasteiger partial charge is 0.496 e. The molecule has 1 amide bonds. The standard InChI is InChI=1S/C17H15ClFNO4S/c1-23-15-8-11(25-2)4-5-12(15)17(22)24-9-16(21)20-14-7-10(18)3-6-13(14)19/h3-8H,9H2,1-2H3,(H,20,21). The van der Waals surface area contributed by atoms with Crippen molar-refractivity contribution in [2.45, 2.75) is 4.90 Å². The zero-order chi connectivity index (χ0) is 18.4. The van der Waals surface area contributed by atoms with E-state index in [1.807, 2.05) is 6.26 Å². The van der Waals surface area contributed by atoms with Crippen molar-refractivity contribution in [1.29, 1.82) is 0 Å². The summed E-state index contributed by atoms with van der Waals surface area (Å²) in [7, 11) is 1.44. The average molecular weight is 384 g/mol. The summed E-state index contributed by atoms with van der Waals surface area (Å²) in [5.41, 5.74) is 0.109. The number of anilines is 1. The summed E-state index contributed by atoms with van der Waals surface area (Å²) in [6.45, 7) is -0.571. The Labute approximate surface area is 153 Å². The minimum absolute atomic E-state index is 0.0875. The highest BCUT2D eigenvalue weighted by molar-refractivity contribution is 7.98. The first kappa shape index (κ1) is 19.1. The summed E-state index contributed by atoms with van der Waals surface area (Å²) in [4.78, 5) is 24.9. The van der Waals surface area contributed by atoms with Crippen LogP contribution in [-0.2, 0) is 9.53 Å². The highest BCUT2D eigenvalue weighted by Gasteiger charge is 2.16. The van der Waals surface area contributed by atoms with E-state index in [0.717, 1.165) is 11.0 Å². The molecule has 0 atom stereocenters. The highest BCUT2D eigenvalue weighted by Crippen LogP contribution is 2.26. The van der Waals surface area contributed by atoms with E-state index in [1.165, 1.54) is 31.0 Å². The maximum Gasteiger partial charge on any atom is 0.342 e. The molecule has 0 fully saturated rings. The van der Waals surface area contributed by atoms with Crippen molar-refractivity contribution in [2.24, 2.45) is 0 Å². The van der Waals surface area contributed by atoms with E-state index in [4.69, 9.17) is 21.1 Å². The van der Waals surface area contributed by atoms with Crippen molar-refractivity contribution < 1.29 is 23.5 Å². The number of carbonyl (C=O) groups is 2. The summed E-state index contributed by atoms with van der Waals surface area (Å²) in [5.74, 6) is -1.70. The number of esters is 1. The number of thioether (sulfide) groups is 1. The molecule has 0 aromatic heterocycles. The molecule has 2 rings (SSSR count). The number of hydrogen-bond acceptors (Lipinski definition) is 5. The van der Waals surface area contributed by atoms with Gasteiger partial charge in [-0.3, -0.25) is 4.79 Å². The third-order valence-electron chi connectivity index (χ3n) is 3.17. The van der Waals surface area contributed by atoms with Gasteiger partial charge in [0.1, 0.15) is 17.1 Å². The third-order valence-corrected chi connectivity index (χ3v) is 4.13. The smallest absolute Gasteiger partial charge is 0.342 e. The molecule has 0 saturated carbocycles. The lowest BCUT2D eigenvalue weighted by atomic mass is 10.2. The summed E-state index contributed by atoms with van der Waals surface area (Å²) in [6, 6.07) is 8.75. The van der Waals surface area contributed by atoms with Crippen molar-refractivity contribution in [2.75, 3.05) is 25.3 Å². The van der Waals surface area contributed by atoms with Gasteiger partial charge in [0.05, 0.1) is 12.8 Å². The lowest BCUT2D eigenvalue weighted by molar-refractivity contribution is -0.119. The number of methoxy groups -OCH3 is 1. The highest BCUT2D eigenvalue weighted by atomic mass is 35.5. The molecule has 132 valence electrons. The van der Waals surface area contributed by atoms with Gasteiger partial charge in [0.2, 0.25) is 0 Å². The first-order valence-electron chi connectivity index (χ1n) is 7.08. The van der Waals surface area contributed by atoms with Gasteiger partial charge in [-0.2, -0.15) is 0 Å². The van der Waals surface area contributed by atoms with Crippen molar-refractivity contribution in [3.63, 3.8) is 0 Å². The molecule has 0 saturated heterocycles. The number of benzene rings is 2. The minimum atomic E-state index is -0.716. The number of amides is 1. The molecule has 1 N–H and O–H groups in total. The number of carbonyl (C=O) groups excluding carboxylic acids is 2. The van der Waals surface area contributed by atoms with E-state index in [-0.39, 0.29) is 16.3 Å². The normalized spacial score (nSPS) is 10.2. The van der Waals surface area contributed by atoms with Gasteiger partial charge < -0.3 is 14.8 Å². The first-order chi connectivity index (χ1) is 11.9. The quantitative estimate of drug-likeness (QED) is 0.603. The molecule has 2 aromatic rings. The molecule has 0 aliphatic carbocycles. The average Bonchev–Trinajstić information content (AvgIpc) is 2.62. The minimum Gasteiger partial charge on any atom is -0.496 e. The monoisotopic (exact) mass is 383 g/mol. The van der Waals surface area contributed by atoms with Gasteiger partial charge in [-0.15, -0.1) is 11.8 Å². The van der Waals surface area contributed by atoms with Crippen molar-refractivity contribution >= 4 is 40.9 Å². The zero-order valence-corrected chi connectivity index (χ0v) is 15.0.